The molecule has 0 bridgehead atoms. The van der Waals surface area contributed by atoms with Crippen LogP contribution >= 0.6 is 0 Å². The lowest BCUT2D eigenvalue weighted by Gasteiger charge is -2.35. The van der Waals surface area contributed by atoms with Crippen LogP contribution in [0.1, 0.15) is 95.9 Å². The van der Waals surface area contributed by atoms with E-state index in [-0.39, 0.29) is 5.91 Å². The molecule has 1 aromatic carbocycles. The zero-order valence-electron chi connectivity index (χ0n) is 23.3. The maximum absolute atomic E-state index is 13.8. The molecule has 0 aromatic heterocycles. The molecule has 0 aliphatic rings. The minimum Gasteiger partial charge on any atom is -0.444 e. The van der Waals surface area contributed by atoms with Crippen molar-refractivity contribution in [1.29, 1.82) is 0 Å². The van der Waals surface area contributed by atoms with Gasteiger partial charge in [-0.1, -0.05) is 63.3 Å². The van der Waals surface area contributed by atoms with Crippen LogP contribution < -0.4 is 10.6 Å². The highest BCUT2D eigenvalue weighted by Gasteiger charge is 2.36. The molecular weight excluding hydrogens is 458 g/mol. The summed E-state index contributed by atoms with van der Waals surface area (Å²) in [6.07, 6.45) is 4.62. The number of rotatable bonds is 14. The Balaban J connectivity index is 3.40. The molecule has 1 aromatic rings. The van der Waals surface area contributed by atoms with Gasteiger partial charge >= 0.3 is 6.09 Å². The largest absolute Gasteiger partial charge is 0.444 e. The predicted molar refractivity (Wildman–Crippen MR) is 143 cm³/mol. The Morgan fingerprint density at radius 1 is 1.03 bits per heavy atom. The van der Waals surface area contributed by atoms with Crippen molar-refractivity contribution < 1.29 is 24.2 Å². The maximum Gasteiger partial charge on any atom is 0.408 e. The normalized spacial score (nSPS) is 13.0. The number of nitrogens with one attached hydrogen (secondary N) is 2. The number of benzene rings is 1. The third-order valence-corrected chi connectivity index (χ3v) is 5.82. The van der Waals surface area contributed by atoms with E-state index < -0.39 is 36.3 Å². The van der Waals surface area contributed by atoms with E-state index in [1.165, 1.54) is 4.90 Å². The number of aliphatic hydroxyl groups is 1. The summed E-state index contributed by atoms with van der Waals surface area (Å²) in [5.41, 5.74) is 1.93. The minimum absolute atomic E-state index is 0.270. The van der Waals surface area contributed by atoms with E-state index in [4.69, 9.17) is 4.74 Å². The molecule has 204 valence electrons. The number of nitrogens with zero attached hydrogens (tertiary/aromatic N) is 1. The Morgan fingerprint density at radius 3 is 2.25 bits per heavy atom. The summed E-state index contributed by atoms with van der Waals surface area (Å²) >= 11 is 0. The van der Waals surface area contributed by atoms with Gasteiger partial charge < -0.3 is 25.4 Å². The maximum atomic E-state index is 13.8. The highest BCUT2D eigenvalue weighted by atomic mass is 16.6. The number of hydrogen-bond donors (Lipinski definition) is 3. The summed E-state index contributed by atoms with van der Waals surface area (Å²) < 4.78 is 5.29. The Morgan fingerprint density at radius 2 is 1.69 bits per heavy atom. The van der Waals surface area contributed by atoms with Gasteiger partial charge in [0.15, 0.2) is 0 Å². The number of unbranched alkanes of at least 4 members (excludes halogenated alkanes) is 4. The third-order valence-electron chi connectivity index (χ3n) is 5.82. The first-order valence-corrected chi connectivity index (χ1v) is 13.2. The van der Waals surface area contributed by atoms with Gasteiger partial charge in [0.25, 0.3) is 0 Å². The highest BCUT2D eigenvalue weighted by molar-refractivity contribution is 5.92. The Kier molecular flexibility index (Phi) is 13.5. The van der Waals surface area contributed by atoms with Gasteiger partial charge in [-0.25, -0.2) is 4.79 Å². The molecule has 36 heavy (non-hydrogen) atoms. The van der Waals surface area contributed by atoms with E-state index >= 15 is 0 Å². The second-order valence-corrected chi connectivity index (χ2v) is 10.4. The van der Waals surface area contributed by atoms with Crippen LogP contribution in [-0.4, -0.2) is 59.3 Å². The number of amides is 3. The van der Waals surface area contributed by atoms with Crippen molar-refractivity contribution in [2.75, 3.05) is 19.7 Å². The minimum atomic E-state index is -1.23. The van der Waals surface area contributed by atoms with E-state index in [0.717, 1.165) is 48.8 Å². The summed E-state index contributed by atoms with van der Waals surface area (Å²) in [4.78, 5) is 41.2. The summed E-state index contributed by atoms with van der Waals surface area (Å²) in [6, 6.07) is 3.69. The second kappa shape index (κ2) is 15.5. The molecule has 0 saturated heterocycles. The summed E-state index contributed by atoms with van der Waals surface area (Å²) in [7, 11) is 0. The molecule has 0 heterocycles. The quantitative estimate of drug-likeness (QED) is 0.321. The summed E-state index contributed by atoms with van der Waals surface area (Å²) in [5, 5.41) is 15.5. The Hall–Kier alpha value is -2.61. The number of hydrogen-bond acceptors (Lipinski definition) is 5. The van der Waals surface area contributed by atoms with Crippen molar-refractivity contribution in [2.24, 2.45) is 0 Å². The van der Waals surface area contributed by atoms with Gasteiger partial charge in [-0.15, -0.1) is 0 Å². The third kappa shape index (κ3) is 10.6. The lowest BCUT2D eigenvalue weighted by atomic mass is 9.96. The van der Waals surface area contributed by atoms with Crippen LogP contribution in [0.4, 0.5) is 4.79 Å². The average Bonchev–Trinajstić information content (AvgIpc) is 2.79. The van der Waals surface area contributed by atoms with Crippen molar-refractivity contribution >= 4 is 17.9 Å². The zero-order chi connectivity index (χ0) is 27.3. The molecule has 3 N–H and O–H groups in total. The predicted octanol–water partition coefficient (Wildman–Crippen LogP) is 4.56. The topological polar surface area (TPSA) is 108 Å². The zero-order valence-corrected chi connectivity index (χ0v) is 23.3. The Labute approximate surface area is 217 Å². The van der Waals surface area contributed by atoms with Crippen LogP contribution in [0.25, 0.3) is 0 Å². The molecule has 8 heteroatoms. The molecule has 0 spiro atoms. The molecule has 2 atom stereocenters. The molecule has 0 radical (unpaired) electrons. The molecule has 2 unspecified atom stereocenters. The van der Waals surface area contributed by atoms with Crippen molar-refractivity contribution in [1.82, 2.24) is 15.5 Å². The molecule has 0 saturated carbocycles. The lowest BCUT2D eigenvalue weighted by Crippen LogP contribution is -2.54. The second-order valence-electron chi connectivity index (χ2n) is 10.4. The van der Waals surface area contributed by atoms with Crippen molar-refractivity contribution in [3.63, 3.8) is 0 Å². The first kappa shape index (κ1) is 31.4. The fourth-order valence-corrected chi connectivity index (χ4v) is 3.98. The van der Waals surface area contributed by atoms with Crippen LogP contribution in [0.3, 0.4) is 0 Å². The molecule has 0 aliphatic heterocycles. The van der Waals surface area contributed by atoms with Gasteiger partial charge in [0.05, 0.1) is 6.61 Å². The standard InChI is InChI=1S/C28H47N3O5/c1-8-10-12-13-17-31(26(34)23(19-32)30-27(35)36-28(5,6)7)24(25(33)29-16-11-9-2)22-15-14-20(3)18-21(22)4/h14-15,18,23-24,32H,8-13,16-17,19H2,1-7H3,(H,29,33)(H,30,35). The van der Waals surface area contributed by atoms with Crippen LogP contribution in [0.2, 0.25) is 0 Å². The van der Waals surface area contributed by atoms with E-state index in [2.05, 4.69) is 17.6 Å². The van der Waals surface area contributed by atoms with Gasteiger partial charge in [0.2, 0.25) is 11.8 Å². The summed E-state index contributed by atoms with van der Waals surface area (Å²) in [6.45, 7) is 13.4. The average molecular weight is 506 g/mol. The van der Waals surface area contributed by atoms with Crippen molar-refractivity contribution in [2.45, 2.75) is 105 Å². The van der Waals surface area contributed by atoms with Crippen molar-refractivity contribution in [3.05, 3.63) is 34.9 Å². The van der Waals surface area contributed by atoms with Crippen molar-refractivity contribution in [3.8, 4) is 0 Å². The SMILES string of the molecule is CCCCCCN(C(=O)C(CO)NC(=O)OC(C)(C)C)C(C(=O)NCCCC)c1ccc(C)cc1C. The van der Waals surface area contributed by atoms with Gasteiger partial charge in [0, 0.05) is 13.1 Å². The van der Waals surface area contributed by atoms with E-state index in [1.807, 2.05) is 39.0 Å². The van der Waals surface area contributed by atoms with Crippen LogP contribution in [0, 0.1) is 13.8 Å². The fraction of sp³-hybridized carbons (Fsp3) is 0.679. The van der Waals surface area contributed by atoms with Crippen LogP contribution in [0.5, 0.6) is 0 Å². The van der Waals surface area contributed by atoms with Crippen LogP contribution in [-0.2, 0) is 14.3 Å². The monoisotopic (exact) mass is 505 g/mol. The Bertz CT molecular complexity index is 850. The number of aryl methyl sites for hydroxylation is 2. The molecular formula is C28H47N3O5. The molecule has 0 fully saturated rings. The highest BCUT2D eigenvalue weighted by Crippen LogP contribution is 2.27. The van der Waals surface area contributed by atoms with Gasteiger partial charge in [0.1, 0.15) is 17.7 Å². The first-order valence-electron chi connectivity index (χ1n) is 13.2. The molecule has 3 amide bonds. The van der Waals surface area contributed by atoms with Crippen LogP contribution in [0.15, 0.2) is 18.2 Å². The first-order chi connectivity index (χ1) is 16.9. The fourth-order valence-electron chi connectivity index (χ4n) is 3.98. The van der Waals surface area contributed by atoms with Gasteiger partial charge in [-0.3, -0.25) is 9.59 Å². The molecule has 8 nitrogen and oxygen atoms in total. The summed E-state index contributed by atoms with van der Waals surface area (Å²) in [5.74, 6) is -0.788. The number of carbonyl (C=O) groups is 3. The number of aliphatic hydroxyl groups excluding tert-OH is 1. The number of alkyl carbamates (subject to hydrolysis) is 1. The van der Waals surface area contributed by atoms with E-state index in [1.54, 1.807) is 20.8 Å². The van der Waals surface area contributed by atoms with E-state index in [9.17, 15) is 19.5 Å². The number of carbonyl (C=O) groups excluding carboxylic acids is 3. The molecule has 0 aliphatic carbocycles. The number of ether oxygens (including phenoxy) is 1. The van der Waals surface area contributed by atoms with Gasteiger partial charge in [-0.2, -0.15) is 0 Å². The smallest absolute Gasteiger partial charge is 0.408 e. The van der Waals surface area contributed by atoms with E-state index in [0.29, 0.717) is 19.5 Å². The lowest BCUT2D eigenvalue weighted by molar-refractivity contribution is -0.143. The van der Waals surface area contributed by atoms with Gasteiger partial charge in [-0.05, 0) is 58.6 Å². The molecule has 1 rings (SSSR count).